The molecule has 1 aromatic heterocycles. The summed E-state index contributed by atoms with van der Waals surface area (Å²) in [5, 5.41) is 16.5. The van der Waals surface area contributed by atoms with Gasteiger partial charge in [0.2, 0.25) is 0 Å². The molecule has 2 N–H and O–H groups in total. The van der Waals surface area contributed by atoms with Gasteiger partial charge in [-0.3, -0.25) is 10.1 Å². The number of nitro groups is 1. The summed E-state index contributed by atoms with van der Waals surface area (Å²) in [5.41, 5.74) is -0.512. The van der Waals surface area contributed by atoms with Crippen molar-refractivity contribution in [2.24, 2.45) is 0 Å². The zero-order chi connectivity index (χ0) is 15.2. The zero-order valence-corrected chi connectivity index (χ0v) is 12.5. The minimum Gasteiger partial charge on any atom is -0.444 e. The first-order valence-electron chi connectivity index (χ1n) is 6.09. The van der Waals surface area contributed by atoms with Gasteiger partial charge < -0.3 is 15.4 Å². The van der Waals surface area contributed by atoms with Crippen molar-refractivity contribution in [1.29, 1.82) is 0 Å². The Hall–Kier alpha value is -1.90. The van der Waals surface area contributed by atoms with Gasteiger partial charge in [-0.25, -0.2) is 9.78 Å². The predicted molar refractivity (Wildman–Crippen MR) is 76.1 cm³/mol. The van der Waals surface area contributed by atoms with E-state index in [1.165, 1.54) is 6.20 Å². The van der Waals surface area contributed by atoms with Crippen LogP contribution in [0, 0.1) is 10.1 Å². The largest absolute Gasteiger partial charge is 0.444 e. The quantitative estimate of drug-likeness (QED) is 0.474. The van der Waals surface area contributed by atoms with Crippen molar-refractivity contribution in [2.75, 3.05) is 18.4 Å². The lowest BCUT2D eigenvalue weighted by molar-refractivity contribution is -0.380. The molecule has 0 unspecified atom stereocenters. The van der Waals surface area contributed by atoms with E-state index in [0.717, 1.165) is 11.3 Å². The number of amides is 1. The topological polar surface area (TPSA) is 106 Å². The zero-order valence-electron chi connectivity index (χ0n) is 11.6. The second kappa shape index (κ2) is 7.04. The van der Waals surface area contributed by atoms with E-state index in [4.69, 9.17) is 4.74 Å². The fraction of sp³-hybridized carbons (Fsp3) is 0.636. The molecule has 0 fully saturated rings. The normalized spacial score (nSPS) is 10.9. The maximum absolute atomic E-state index is 11.3. The molecule has 0 aliphatic carbocycles. The van der Waals surface area contributed by atoms with Crippen molar-refractivity contribution in [3.63, 3.8) is 0 Å². The molecule has 8 nitrogen and oxygen atoms in total. The van der Waals surface area contributed by atoms with Gasteiger partial charge >= 0.3 is 11.1 Å². The van der Waals surface area contributed by atoms with Crippen molar-refractivity contribution in [3.05, 3.63) is 16.3 Å². The van der Waals surface area contributed by atoms with Gasteiger partial charge in [-0.05, 0) is 38.5 Å². The van der Waals surface area contributed by atoms with Crippen molar-refractivity contribution in [1.82, 2.24) is 10.3 Å². The number of nitrogens with zero attached hydrogens (tertiary/aromatic N) is 2. The monoisotopic (exact) mass is 302 g/mol. The second-order valence-corrected chi connectivity index (χ2v) is 5.98. The SMILES string of the molecule is CC(C)(C)OC(=O)NCCCNc1ncc([N+](=O)[O-])s1. The smallest absolute Gasteiger partial charge is 0.407 e. The molecule has 0 aliphatic rings. The van der Waals surface area contributed by atoms with Crippen molar-refractivity contribution in [3.8, 4) is 0 Å². The number of nitrogens with one attached hydrogen (secondary N) is 2. The van der Waals surface area contributed by atoms with E-state index in [2.05, 4.69) is 15.6 Å². The van der Waals surface area contributed by atoms with Crippen LogP contribution in [0.4, 0.5) is 14.9 Å². The van der Waals surface area contributed by atoms with Crippen LogP contribution in [0.2, 0.25) is 0 Å². The van der Waals surface area contributed by atoms with E-state index < -0.39 is 16.6 Å². The Kier molecular flexibility index (Phi) is 5.68. The number of hydrogen-bond donors (Lipinski definition) is 2. The van der Waals surface area contributed by atoms with E-state index in [1.54, 1.807) is 20.8 Å². The van der Waals surface area contributed by atoms with Gasteiger partial charge in [0.15, 0.2) is 5.13 Å². The first-order valence-corrected chi connectivity index (χ1v) is 6.90. The van der Waals surface area contributed by atoms with Crippen LogP contribution in [0.15, 0.2) is 6.20 Å². The maximum Gasteiger partial charge on any atom is 0.407 e. The molecule has 1 aromatic rings. The lowest BCUT2D eigenvalue weighted by atomic mass is 10.2. The summed E-state index contributed by atoms with van der Waals surface area (Å²) in [6.07, 6.45) is 1.42. The Balaban J connectivity index is 2.16. The summed E-state index contributed by atoms with van der Waals surface area (Å²) < 4.78 is 5.08. The molecule has 9 heteroatoms. The molecule has 112 valence electrons. The summed E-state index contributed by atoms with van der Waals surface area (Å²) in [5.74, 6) is 0. The molecule has 0 radical (unpaired) electrons. The number of alkyl carbamates (subject to hydrolysis) is 1. The lowest BCUT2D eigenvalue weighted by Crippen LogP contribution is -2.33. The Morgan fingerprint density at radius 1 is 1.50 bits per heavy atom. The Morgan fingerprint density at radius 2 is 2.20 bits per heavy atom. The summed E-state index contributed by atoms with van der Waals surface area (Å²) in [4.78, 5) is 25.2. The average molecular weight is 302 g/mol. The van der Waals surface area contributed by atoms with Crippen LogP contribution < -0.4 is 10.6 Å². The van der Waals surface area contributed by atoms with Crippen LogP contribution in [0.1, 0.15) is 27.2 Å². The number of anilines is 1. The van der Waals surface area contributed by atoms with Crippen LogP contribution in [0.3, 0.4) is 0 Å². The Bertz CT molecular complexity index is 469. The summed E-state index contributed by atoms with van der Waals surface area (Å²) in [6, 6.07) is 0. The molecule has 20 heavy (non-hydrogen) atoms. The van der Waals surface area contributed by atoms with E-state index >= 15 is 0 Å². The van der Waals surface area contributed by atoms with Crippen molar-refractivity contribution < 1.29 is 14.5 Å². The second-order valence-electron chi connectivity index (χ2n) is 4.97. The highest BCUT2D eigenvalue weighted by Gasteiger charge is 2.15. The van der Waals surface area contributed by atoms with Crippen LogP contribution in [0.5, 0.6) is 0 Å². The number of carbonyl (C=O) groups is 1. The van der Waals surface area contributed by atoms with Crippen molar-refractivity contribution >= 4 is 27.6 Å². The molecule has 0 saturated heterocycles. The number of carbonyl (C=O) groups excluding carboxylic acids is 1. The average Bonchev–Trinajstić information content (AvgIpc) is 2.75. The summed E-state index contributed by atoms with van der Waals surface area (Å²) >= 11 is 0.980. The molecule has 1 rings (SSSR count). The number of hydrogen-bond acceptors (Lipinski definition) is 7. The van der Waals surface area contributed by atoms with Crippen molar-refractivity contribution in [2.45, 2.75) is 32.8 Å². The van der Waals surface area contributed by atoms with Gasteiger partial charge in [-0.15, -0.1) is 0 Å². The summed E-state index contributed by atoms with van der Waals surface area (Å²) in [6.45, 7) is 6.40. The molecular formula is C11H18N4O4S. The van der Waals surface area contributed by atoms with Gasteiger partial charge in [-0.2, -0.15) is 0 Å². The fourth-order valence-electron chi connectivity index (χ4n) is 1.22. The minimum atomic E-state index is -0.512. The Labute approximate surface area is 120 Å². The number of rotatable bonds is 6. The number of aromatic nitrogens is 1. The molecule has 1 amide bonds. The van der Waals surface area contributed by atoms with E-state index in [0.29, 0.717) is 24.6 Å². The van der Waals surface area contributed by atoms with Gasteiger partial charge in [0.1, 0.15) is 11.8 Å². The first kappa shape index (κ1) is 16.2. The van der Waals surface area contributed by atoms with Crippen LogP contribution in [0.25, 0.3) is 0 Å². The number of ether oxygens (including phenoxy) is 1. The van der Waals surface area contributed by atoms with Crippen LogP contribution in [-0.2, 0) is 4.74 Å². The standard InChI is InChI=1S/C11H18N4O4S/c1-11(2,3)19-10(16)13-6-4-5-12-9-14-7-8(20-9)15(17)18/h7H,4-6H2,1-3H3,(H,12,14)(H,13,16). The summed E-state index contributed by atoms with van der Waals surface area (Å²) in [7, 11) is 0. The molecule has 0 spiro atoms. The number of thiazole rings is 1. The van der Waals surface area contributed by atoms with Crippen LogP contribution >= 0.6 is 11.3 Å². The third-order valence-electron chi connectivity index (χ3n) is 1.97. The molecule has 1 heterocycles. The molecular weight excluding hydrogens is 284 g/mol. The van der Waals surface area contributed by atoms with Gasteiger partial charge in [0.25, 0.3) is 0 Å². The van der Waals surface area contributed by atoms with Gasteiger partial charge in [0.05, 0.1) is 4.92 Å². The van der Waals surface area contributed by atoms with Gasteiger partial charge in [-0.1, -0.05) is 0 Å². The molecule has 0 aliphatic heterocycles. The highest BCUT2D eigenvalue weighted by molar-refractivity contribution is 7.18. The third kappa shape index (κ3) is 6.32. The highest BCUT2D eigenvalue weighted by atomic mass is 32.1. The van der Waals surface area contributed by atoms with E-state index in [-0.39, 0.29) is 5.00 Å². The molecule has 0 atom stereocenters. The van der Waals surface area contributed by atoms with E-state index in [1.807, 2.05) is 0 Å². The molecule has 0 bridgehead atoms. The third-order valence-corrected chi connectivity index (χ3v) is 2.88. The highest BCUT2D eigenvalue weighted by Crippen LogP contribution is 2.24. The Morgan fingerprint density at radius 3 is 2.75 bits per heavy atom. The fourth-order valence-corrected chi connectivity index (χ4v) is 1.88. The van der Waals surface area contributed by atoms with Gasteiger partial charge in [0, 0.05) is 13.1 Å². The predicted octanol–water partition coefficient (Wildman–Crippen LogP) is 2.38. The van der Waals surface area contributed by atoms with E-state index in [9.17, 15) is 14.9 Å². The van der Waals surface area contributed by atoms with Crippen LogP contribution in [-0.4, -0.2) is 34.7 Å². The minimum absolute atomic E-state index is 0.000574. The molecule has 0 saturated carbocycles. The first-order chi connectivity index (χ1) is 9.28. The molecule has 0 aromatic carbocycles. The maximum atomic E-state index is 11.3. The lowest BCUT2D eigenvalue weighted by Gasteiger charge is -2.19.